The van der Waals surface area contributed by atoms with Gasteiger partial charge in [-0.25, -0.2) is 14.5 Å². The Morgan fingerprint density at radius 2 is 2.00 bits per heavy atom. The van der Waals surface area contributed by atoms with Crippen LogP contribution in [0.15, 0.2) is 54.9 Å². The van der Waals surface area contributed by atoms with Crippen LogP contribution in [0.1, 0.15) is 27.2 Å². The number of hydrogen-bond acceptors (Lipinski definition) is 4. The Bertz CT molecular complexity index is 905. The maximum atomic E-state index is 11.4. The Labute approximate surface area is 145 Å². The molecular weight excluding hydrogens is 316 g/mol. The van der Waals surface area contributed by atoms with E-state index in [4.69, 9.17) is 0 Å². The van der Waals surface area contributed by atoms with Crippen molar-refractivity contribution in [2.45, 2.75) is 19.5 Å². The summed E-state index contributed by atoms with van der Waals surface area (Å²) in [6.07, 6.45) is 4.34. The normalized spacial score (nSPS) is 14.2. The molecule has 0 saturated heterocycles. The third-order valence-electron chi connectivity index (χ3n) is 4.42. The molecule has 3 aromatic rings. The van der Waals surface area contributed by atoms with Gasteiger partial charge in [0.1, 0.15) is 5.56 Å². The van der Waals surface area contributed by atoms with Gasteiger partial charge < -0.3 is 5.11 Å². The Balaban J connectivity index is 1.58. The number of nitrogens with zero attached hydrogens (tertiary/aromatic N) is 4. The molecule has 25 heavy (non-hydrogen) atoms. The Morgan fingerprint density at radius 3 is 2.80 bits per heavy atom. The number of carbonyl (C=O) groups is 1. The molecule has 1 aliphatic rings. The van der Waals surface area contributed by atoms with Crippen LogP contribution >= 0.6 is 0 Å². The number of aromatic carboxylic acids is 1. The minimum atomic E-state index is -0.998. The molecule has 0 amide bonds. The monoisotopic (exact) mass is 334 g/mol. The average molecular weight is 334 g/mol. The molecule has 0 radical (unpaired) electrons. The highest BCUT2D eigenvalue weighted by Crippen LogP contribution is 2.21. The van der Waals surface area contributed by atoms with Gasteiger partial charge in [-0.1, -0.05) is 30.3 Å². The van der Waals surface area contributed by atoms with Crippen LogP contribution in [0.2, 0.25) is 0 Å². The molecular formula is C19H18N4O2. The second-order valence-corrected chi connectivity index (χ2v) is 6.17. The molecule has 1 N–H and O–H groups in total. The molecule has 6 heteroatoms. The highest BCUT2D eigenvalue weighted by Gasteiger charge is 2.22. The van der Waals surface area contributed by atoms with Crippen molar-refractivity contribution in [1.82, 2.24) is 19.7 Å². The molecule has 0 fully saturated rings. The van der Waals surface area contributed by atoms with Gasteiger partial charge in [-0.05, 0) is 17.7 Å². The summed E-state index contributed by atoms with van der Waals surface area (Å²) in [5, 5.41) is 13.9. The van der Waals surface area contributed by atoms with E-state index in [-0.39, 0.29) is 5.56 Å². The minimum Gasteiger partial charge on any atom is -0.478 e. The molecule has 1 aromatic carbocycles. The number of pyridine rings is 1. The Morgan fingerprint density at radius 1 is 1.16 bits per heavy atom. The van der Waals surface area contributed by atoms with E-state index >= 15 is 0 Å². The fourth-order valence-electron chi connectivity index (χ4n) is 3.20. The van der Waals surface area contributed by atoms with E-state index in [1.54, 1.807) is 23.0 Å². The summed E-state index contributed by atoms with van der Waals surface area (Å²) in [5.41, 5.74) is 3.59. The zero-order valence-electron chi connectivity index (χ0n) is 13.7. The first-order valence-electron chi connectivity index (χ1n) is 8.23. The van der Waals surface area contributed by atoms with Gasteiger partial charge in [0.2, 0.25) is 0 Å². The van der Waals surface area contributed by atoms with Crippen LogP contribution in [0.4, 0.5) is 0 Å². The number of carboxylic acid groups (broad SMARTS) is 1. The summed E-state index contributed by atoms with van der Waals surface area (Å²) in [7, 11) is 0. The average Bonchev–Trinajstić information content (AvgIpc) is 3.06. The lowest BCUT2D eigenvalue weighted by Crippen LogP contribution is -2.29. The van der Waals surface area contributed by atoms with E-state index in [1.807, 2.05) is 12.3 Å². The fraction of sp³-hybridized carbons (Fsp3) is 0.211. The smallest absolute Gasteiger partial charge is 0.339 e. The minimum absolute atomic E-state index is 0.156. The standard InChI is InChI=1S/C19H18N4O2/c24-19(25)16-7-4-9-20-18(16)23-13-15-12-22(10-8-17(15)21-23)11-14-5-2-1-3-6-14/h1-7,9,13H,8,10-12H2,(H,24,25). The van der Waals surface area contributed by atoms with Crippen molar-refractivity contribution in [3.8, 4) is 5.82 Å². The summed E-state index contributed by atoms with van der Waals surface area (Å²) in [4.78, 5) is 18.0. The van der Waals surface area contributed by atoms with Crippen molar-refractivity contribution < 1.29 is 9.90 Å². The SMILES string of the molecule is O=C(O)c1cccnc1-n1cc2c(n1)CCN(Cc1ccccc1)C2. The van der Waals surface area contributed by atoms with Crippen LogP contribution in [0.3, 0.4) is 0 Å². The molecule has 0 spiro atoms. The van der Waals surface area contributed by atoms with E-state index in [0.717, 1.165) is 37.3 Å². The van der Waals surface area contributed by atoms with Crippen LogP contribution in [0.25, 0.3) is 5.82 Å². The first-order chi connectivity index (χ1) is 12.2. The van der Waals surface area contributed by atoms with Crippen LogP contribution in [-0.4, -0.2) is 37.3 Å². The van der Waals surface area contributed by atoms with Gasteiger partial charge in [0.25, 0.3) is 0 Å². The van der Waals surface area contributed by atoms with Crippen LogP contribution in [0.5, 0.6) is 0 Å². The van der Waals surface area contributed by atoms with Gasteiger partial charge in [-0.2, -0.15) is 5.10 Å². The molecule has 6 nitrogen and oxygen atoms in total. The zero-order valence-corrected chi connectivity index (χ0v) is 13.7. The van der Waals surface area contributed by atoms with Crippen molar-refractivity contribution in [3.63, 3.8) is 0 Å². The lowest BCUT2D eigenvalue weighted by atomic mass is 10.1. The molecule has 2 aromatic heterocycles. The second-order valence-electron chi connectivity index (χ2n) is 6.17. The molecule has 4 rings (SSSR count). The zero-order chi connectivity index (χ0) is 17.2. The van der Waals surface area contributed by atoms with Crippen molar-refractivity contribution in [1.29, 1.82) is 0 Å². The molecule has 0 bridgehead atoms. The van der Waals surface area contributed by atoms with Crippen molar-refractivity contribution in [3.05, 3.63) is 77.2 Å². The van der Waals surface area contributed by atoms with Crippen LogP contribution in [-0.2, 0) is 19.5 Å². The third kappa shape index (κ3) is 3.16. The highest BCUT2D eigenvalue weighted by molar-refractivity contribution is 5.90. The molecule has 0 saturated carbocycles. The molecule has 0 aliphatic carbocycles. The number of rotatable bonds is 4. The number of aromatic nitrogens is 3. The van der Waals surface area contributed by atoms with E-state index in [1.165, 1.54) is 5.56 Å². The number of hydrogen-bond donors (Lipinski definition) is 1. The van der Waals surface area contributed by atoms with Crippen molar-refractivity contribution >= 4 is 5.97 Å². The van der Waals surface area contributed by atoms with Gasteiger partial charge in [0, 0.05) is 44.0 Å². The van der Waals surface area contributed by atoms with E-state index in [0.29, 0.717) is 5.82 Å². The third-order valence-corrected chi connectivity index (χ3v) is 4.42. The summed E-state index contributed by atoms with van der Waals surface area (Å²) in [6, 6.07) is 13.6. The summed E-state index contributed by atoms with van der Waals surface area (Å²) in [6.45, 7) is 2.64. The van der Waals surface area contributed by atoms with Gasteiger partial charge in [-0.3, -0.25) is 4.90 Å². The van der Waals surface area contributed by atoms with Crippen LogP contribution < -0.4 is 0 Å². The Hall–Kier alpha value is -2.99. The largest absolute Gasteiger partial charge is 0.478 e. The number of carboxylic acids is 1. The molecule has 126 valence electrons. The van der Waals surface area contributed by atoms with Gasteiger partial charge in [0.15, 0.2) is 5.82 Å². The first-order valence-corrected chi connectivity index (χ1v) is 8.23. The quantitative estimate of drug-likeness (QED) is 0.794. The van der Waals surface area contributed by atoms with Gasteiger partial charge in [0.05, 0.1) is 5.69 Å². The van der Waals surface area contributed by atoms with E-state index < -0.39 is 5.97 Å². The van der Waals surface area contributed by atoms with Crippen molar-refractivity contribution in [2.24, 2.45) is 0 Å². The Kier molecular flexibility index (Phi) is 4.03. The maximum absolute atomic E-state index is 11.4. The molecule has 1 aliphatic heterocycles. The van der Waals surface area contributed by atoms with Gasteiger partial charge in [-0.15, -0.1) is 0 Å². The maximum Gasteiger partial charge on any atom is 0.339 e. The van der Waals surface area contributed by atoms with Crippen molar-refractivity contribution in [2.75, 3.05) is 6.54 Å². The number of benzene rings is 1. The lowest BCUT2D eigenvalue weighted by molar-refractivity contribution is 0.0696. The summed E-state index contributed by atoms with van der Waals surface area (Å²) < 4.78 is 1.60. The predicted molar refractivity (Wildman–Crippen MR) is 92.6 cm³/mol. The summed E-state index contributed by atoms with van der Waals surface area (Å²) in [5.74, 6) is -0.638. The second kappa shape index (κ2) is 6.49. The lowest BCUT2D eigenvalue weighted by Gasteiger charge is -2.25. The van der Waals surface area contributed by atoms with Gasteiger partial charge >= 0.3 is 5.97 Å². The van der Waals surface area contributed by atoms with E-state index in [2.05, 4.69) is 39.2 Å². The first kappa shape index (κ1) is 15.5. The summed E-state index contributed by atoms with van der Waals surface area (Å²) >= 11 is 0. The topological polar surface area (TPSA) is 71.2 Å². The molecule has 0 unspecified atom stereocenters. The van der Waals surface area contributed by atoms with E-state index in [9.17, 15) is 9.90 Å². The fourth-order valence-corrected chi connectivity index (χ4v) is 3.20. The number of fused-ring (bicyclic) bond motifs is 1. The molecule has 0 atom stereocenters. The van der Waals surface area contributed by atoms with Crippen LogP contribution in [0, 0.1) is 0 Å². The predicted octanol–water partition coefficient (Wildman–Crippen LogP) is 2.52. The molecule has 3 heterocycles. The highest BCUT2D eigenvalue weighted by atomic mass is 16.4.